The Morgan fingerprint density at radius 3 is 2.93 bits per heavy atom. The predicted molar refractivity (Wildman–Crippen MR) is 105 cm³/mol. The van der Waals surface area contributed by atoms with Gasteiger partial charge >= 0.3 is 5.97 Å². The van der Waals surface area contributed by atoms with Crippen molar-refractivity contribution >= 4 is 17.4 Å². The third-order valence-electron chi connectivity index (χ3n) is 6.29. The highest BCUT2D eigenvalue weighted by molar-refractivity contribution is 6.11. The first kappa shape index (κ1) is 18.1. The molecule has 27 heavy (non-hydrogen) atoms. The molecule has 3 unspecified atom stereocenters. The average Bonchev–Trinajstić information content (AvgIpc) is 3.09. The van der Waals surface area contributed by atoms with Gasteiger partial charge in [-0.1, -0.05) is 13.3 Å². The second-order valence-electron chi connectivity index (χ2n) is 7.56. The highest BCUT2D eigenvalue weighted by Crippen LogP contribution is 2.45. The normalized spacial score (nSPS) is 27.4. The van der Waals surface area contributed by atoms with Crippen molar-refractivity contribution in [2.75, 3.05) is 27.3 Å². The van der Waals surface area contributed by atoms with Gasteiger partial charge in [-0.05, 0) is 24.5 Å². The Morgan fingerprint density at radius 1 is 1.37 bits per heavy atom. The molecule has 2 fully saturated rings. The highest BCUT2D eigenvalue weighted by atomic mass is 16.5. The quantitative estimate of drug-likeness (QED) is 0.354. The Balaban J connectivity index is 1.66. The molecule has 0 saturated carbocycles. The van der Waals surface area contributed by atoms with Gasteiger partial charge in [0.25, 0.3) is 0 Å². The highest BCUT2D eigenvalue weighted by Gasteiger charge is 2.50. The van der Waals surface area contributed by atoms with Crippen LogP contribution in [0.3, 0.4) is 0 Å². The number of ether oxygens (including phenoxy) is 2. The Labute approximate surface area is 161 Å². The molecule has 0 spiro atoms. The van der Waals surface area contributed by atoms with Crippen LogP contribution >= 0.6 is 0 Å². The predicted octanol–water partition coefficient (Wildman–Crippen LogP) is 3.52. The maximum Gasteiger partial charge on any atom is 0.337 e. The monoisotopic (exact) mass is 367 g/mol. The van der Waals surface area contributed by atoms with E-state index in [1.54, 1.807) is 13.4 Å². The minimum absolute atomic E-state index is 0.120. The van der Waals surface area contributed by atoms with Gasteiger partial charge in [0.2, 0.25) is 0 Å². The molecule has 1 aromatic carbocycles. The average molecular weight is 367 g/mol. The number of aliphatic imine (C=N–C) groups is 1. The first-order valence-electron chi connectivity index (χ1n) is 9.77. The van der Waals surface area contributed by atoms with Crippen molar-refractivity contribution in [3.63, 3.8) is 0 Å². The largest absolute Gasteiger partial charge is 0.504 e. The lowest BCUT2D eigenvalue weighted by molar-refractivity contribution is -0.137. The van der Waals surface area contributed by atoms with Gasteiger partial charge in [0.05, 0.1) is 38.0 Å². The van der Waals surface area contributed by atoms with E-state index in [1.807, 2.05) is 6.07 Å². The molecule has 3 heterocycles. The van der Waals surface area contributed by atoms with Crippen LogP contribution in [0, 0.1) is 17.8 Å². The van der Waals surface area contributed by atoms with Crippen molar-refractivity contribution in [1.29, 1.82) is 0 Å². The molecule has 2 saturated heterocycles. The smallest absolute Gasteiger partial charge is 0.337 e. The second kappa shape index (κ2) is 7.39. The van der Waals surface area contributed by atoms with Crippen molar-refractivity contribution in [3.8, 4) is 0 Å². The number of rotatable bonds is 4. The number of hydrogen-bond donors (Lipinski definition) is 0. The number of piperidine rings is 2. The van der Waals surface area contributed by atoms with Crippen molar-refractivity contribution in [1.82, 2.24) is 4.90 Å². The Hall–Kier alpha value is -2.27. The number of nitrogens with zero attached hydrogens (tertiary/aromatic N) is 2. The molecule has 0 radical (unpaired) electrons. The van der Waals surface area contributed by atoms with Gasteiger partial charge in [-0.15, -0.1) is 0 Å². The van der Waals surface area contributed by atoms with E-state index in [-0.39, 0.29) is 17.9 Å². The van der Waals surface area contributed by atoms with E-state index in [9.17, 15) is 4.79 Å². The van der Waals surface area contributed by atoms with Crippen molar-refractivity contribution < 1.29 is 14.3 Å². The van der Waals surface area contributed by atoms with E-state index in [2.05, 4.69) is 30.0 Å². The zero-order valence-electron chi connectivity index (χ0n) is 16.3. The van der Waals surface area contributed by atoms with Crippen LogP contribution in [-0.2, 0) is 14.3 Å². The van der Waals surface area contributed by atoms with Crippen LogP contribution in [-0.4, -0.2) is 49.9 Å². The summed E-state index contributed by atoms with van der Waals surface area (Å²) in [5, 5.41) is 0. The summed E-state index contributed by atoms with van der Waals surface area (Å²) in [6.07, 6.45) is 4.52. The number of benzene rings is 1. The molecule has 0 amide bonds. The lowest BCUT2D eigenvalue weighted by Gasteiger charge is -2.46. The molecule has 142 valence electrons. The van der Waals surface area contributed by atoms with Crippen molar-refractivity contribution in [3.05, 3.63) is 47.6 Å². The first-order valence-corrected chi connectivity index (χ1v) is 9.77. The molecular formula is C22H27N2O3+. The zero-order chi connectivity index (χ0) is 19.0. The number of esters is 1. The van der Waals surface area contributed by atoms with Crippen LogP contribution in [0.2, 0.25) is 0 Å². The van der Waals surface area contributed by atoms with Crippen LogP contribution in [0.4, 0.5) is 5.69 Å². The summed E-state index contributed by atoms with van der Waals surface area (Å²) >= 11 is 0. The van der Waals surface area contributed by atoms with E-state index < -0.39 is 0 Å². The first-order chi connectivity index (χ1) is 13.2. The number of fused-ring (bicyclic) bond motifs is 5. The lowest BCUT2D eigenvalue weighted by Crippen LogP contribution is -2.55. The maximum atomic E-state index is 12.4. The van der Waals surface area contributed by atoms with E-state index in [0.29, 0.717) is 11.5 Å². The number of carbonyl (C=O) groups excluding carboxylic acids is 1. The van der Waals surface area contributed by atoms with Gasteiger partial charge in [0.1, 0.15) is 5.71 Å². The summed E-state index contributed by atoms with van der Waals surface area (Å²) in [6.45, 7) is 4.23. The van der Waals surface area contributed by atoms with Crippen LogP contribution < -0.4 is 0 Å². The minimum atomic E-state index is -0.287. The topological polar surface area (TPSA) is 51.1 Å². The van der Waals surface area contributed by atoms with Gasteiger partial charge in [0, 0.05) is 37.6 Å². The van der Waals surface area contributed by atoms with Gasteiger partial charge in [-0.2, -0.15) is 4.99 Å². The zero-order valence-corrected chi connectivity index (χ0v) is 16.3. The van der Waals surface area contributed by atoms with Gasteiger partial charge < -0.3 is 9.47 Å². The van der Waals surface area contributed by atoms with Crippen LogP contribution in [0.25, 0.3) is 0 Å². The van der Waals surface area contributed by atoms with E-state index in [1.165, 1.54) is 24.3 Å². The molecule has 0 aromatic heterocycles. The molecule has 0 N–H and O–H groups in total. The Morgan fingerprint density at radius 2 is 2.19 bits per heavy atom. The summed E-state index contributed by atoms with van der Waals surface area (Å²) in [4.78, 5) is 20.0. The van der Waals surface area contributed by atoms with E-state index in [0.717, 1.165) is 38.0 Å². The fourth-order valence-corrected chi connectivity index (χ4v) is 4.95. The lowest BCUT2D eigenvalue weighted by atomic mass is 9.71. The molecule has 0 bridgehead atoms. The van der Waals surface area contributed by atoms with Crippen LogP contribution in [0.5, 0.6) is 0 Å². The number of hydrogen-bond acceptors (Lipinski definition) is 5. The third-order valence-corrected chi connectivity index (χ3v) is 6.29. The molecular weight excluding hydrogens is 340 g/mol. The fourth-order valence-electron chi connectivity index (χ4n) is 4.95. The summed E-state index contributed by atoms with van der Waals surface area (Å²) in [5.41, 5.74) is 4.21. The molecule has 0 aliphatic carbocycles. The third kappa shape index (κ3) is 3.04. The number of carbonyl (C=O) groups is 1. The molecule has 3 atom stereocenters. The van der Waals surface area contributed by atoms with Crippen LogP contribution in [0.15, 0.2) is 41.1 Å². The molecule has 5 heteroatoms. The summed E-state index contributed by atoms with van der Waals surface area (Å²) in [7, 11) is 3.02. The van der Waals surface area contributed by atoms with Gasteiger partial charge in [0.15, 0.2) is 11.3 Å². The summed E-state index contributed by atoms with van der Waals surface area (Å²) < 4.78 is 10.3. The molecule has 3 aliphatic heterocycles. The Kier molecular flexibility index (Phi) is 4.96. The molecule has 5 nitrogen and oxygen atoms in total. The van der Waals surface area contributed by atoms with E-state index in [4.69, 9.17) is 14.5 Å². The van der Waals surface area contributed by atoms with Crippen LogP contribution in [0.1, 0.15) is 31.7 Å². The Bertz CT molecular complexity index is 786. The van der Waals surface area contributed by atoms with Gasteiger partial charge in [-0.25, -0.2) is 4.79 Å². The standard InChI is InChI=1S/C22H27N2O3/c1-4-14-12-24-10-9-16-15-7-5-6-8-19(15)23-21(16)20(24)11-17(14)18(13-26-2)22(25)27-3/h5-8,13-14,17,20H,4,9-12H2,1-3H3/q+1. The summed E-state index contributed by atoms with van der Waals surface area (Å²) in [5.74, 6) is 1.63. The fraction of sp³-hybridized carbons (Fsp3) is 0.500. The maximum absolute atomic E-state index is 12.4. The van der Waals surface area contributed by atoms with Crippen molar-refractivity contribution in [2.45, 2.75) is 32.2 Å². The number of methoxy groups -OCH3 is 2. The molecule has 1 aromatic rings. The summed E-state index contributed by atoms with van der Waals surface area (Å²) in [6, 6.07) is 8.66. The molecule has 3 aliphatic rings. The van der Waals surface area contributed by atoms with Crippen molar-refractivity contribution in [2.24, 2.45) is 16.8 Å². The SMILES string of the molecule is CCC1CN2CC[C+]3C(=Nc4ccccc43)C2CC1C(=COC)C(=O)OC. The minimum Gasteiger partial charge on any atom is -0.504 e. The van der Waals surface area contributed by atoms with E-state index >= 15 is 0 Å². The molecule has 4 rings (SSSR count). The second-order valence-corrected chi connectivity index (χ2v) is 7.56. The van der Waals surface area contributed by atoms with Gasteiger partial charge in [-0.3, -0.25) is 4.90 Å². The number of para-hydroxylation sites is 1.